The first-order valence-corrected chi connectivity index (χ1v) is 13.5. The fraction of sp³-hybridized carbons (Fsp3) is 0.214. The van der Waals surface area contributed by atoms with E-state index in [1.807, 2.05) is 85.7 Å². The molecule has 8 heteroatoms. The van der Waals surface area contributed by atoms with Gasteiger partial charge in [0.2, 0.25) is 0 Å². The number of rotatable bonds is 11. The number of halogens is 1. The topological polar surface area (TPSA) is 61.9 Å². The third kappa shape index (κ3) is 6.10. The maximum absolute atomic E-state index is 14.1. The summed E-state index contributed by atoms with van der Waals surface area (Å²) in [7, 11) is 0.00940. The molecule has 0 radical (unpaired) electrons. The Hall–Kier alpha value is -3.26. The Labute approximate surface area is 218 Å². The first-order chi connectivity index (χ1) is 17.4. The van der Waals surface area contributed by atoms with Gasteiger partial charge in [0.15, 0.2) is 0 Å². The summed E-state index contributed by atoms with van der Waals surface area (Å²) in [5.41, 5.74) is 1.32. The second kappa shape index (κ2) is 11.6. The van der Waals surface area contributed by atoms with Gasteiger partial charge in [0.1, 0.15) is 12.4 Å². The molecule has 6 nitrogen and oxygen atoms in total. The lowest BCUT2D eigenvalue weighted by Gasteiger charge is -2.28. The summed E-state index contributed by atoms with van der Waals surface area (Å²) in [4.78, 5) is 2.27. The molecule has 0 bridgehead atoms. The molecule has 0 spiro atoms. The maximum Gasteiger partial charge on any atom is 0.265 e. The van der Waals surface area contributed by atoms with Gasteiger partial charge in [-0.05, 0) is 61.9 Å². The van der Waals surface area contributed by atoms with Gasteiger partial charge in [0.25, 0.3) is 10.0 Å². The summed E-state index contributed by atoms with van der Waals surface area (Å²) in [6.45, 7) is 1.77. The first kappa shape index (κ1) is 25.8. The first-order valence-electron chi connectivity index (χ1n) is 11.7. The van der Waals surface area contributed by atoms with E-state index in [9.17, 15) is 8.42 Å². The molecular weight excluding hydrogens is 494 g/mol. The summed E-state index contributed by atoms with van der Waals surface area (Å²) in [6.07, 6.45) is 0. The molecule has 4 rings (SSSR count). The van der Waals surface area contributed by atoms with E-state index in [2.05, 4.69) is 5.32 Å². The van der Waals surface area contributed by atoms with E-state index in [-0.39, 0.29) is 0 Å². The zero-order valence-electron chi connectivity index (χ0n) is 20.4. The van der Waals surface area contributed by atoms with Crippen LogP contribution in [0.15, 0.2) is 95.9 Å². The van der Waals surface area contributed by atoms with Crippen LogP contribution in [0.4, 0.5) is 11.4 Å². The number of hydrogen-bond acceptors (Lipinski definition) is 5. The predicted octanol–water partition coefficient (Wildman–Crippen LogP) is 5.74. The highest BCUT2D eigenvalue weighted by Gasteiger charge is 2.28. The third-order valence-electron chi connectivity index (χ3n) is 5.74. The summed E-state index contributed by atoms with van der Waals surface area (Å²) < 4.78 is 35.5. The number of sulfonamides is 1. The highest BCUT2D eigenvalue weighted by Crippen LogP contribution is 2.33. The Morgan fingerprint density at radius 1 is 0.833 bits per heavy atom. The maximum atomic E-state index is 14.1. The van der Waals surface area contributed by atoms with Crippen LogP contribution in [-0.4, -0.2) is 53.7 Å². The van der Waals surface area contributed by atoms with Gasteiger partial charge < -0.3 is 15.0 Å². The monoisotopic (exact) mass is 523 g/mol. The molecule has 0 atom stereocenters. The van der Waals surface area contributed by atoms with Crippen LogP contribution in [0.2, 0.25) is 5.02 Å². The fourth-order valence-electron chi connectivity index (χ4n) is 3.93. The quantitative estimate of drug-likeness (QED) is 0.254. The molecule has 0 saturated heterocycles. The Balaban J connectivity index is 1.62. The second-order valence-corrected chi connectivity index (χ2v) is 10.9. The SMILES string of the molecule is CN(C)CCN(c1ccccc1NCCOc1ccc(Cl)cc1)S(=O)(=O)c1cccc2ccccc12. The lowest BCUT2D eigenvalue weighted by atomic mass is 10.1. The number of fused-ring (bicyclic) bond motifs is 1. The standard InChI is InChI=1S/C28H30ClN3O3S/c1-31(2)19-20-32(36(33,34)28-13-7-9-22-8-3-4-10-25(22)28)27-12-6-5-11-26(27)30-18-21-35-24-16-14-23(29)15-17-24/h3-17,30H,18-21H2,1-2H3. The van der Waals surface area contributed by atoms with E-state index in [1.165, 1.54) is 4.31 Å². The number of para-hydroxylation sites is 2. The van der Waals surface area contributed by atoms with Crippen LogP contribution in [0, 0.1) is 0 Å². The van der Waals surface area contributed by atoms with Crippen molar-refractivity contribution >= 4 is 43.8 Å². The lowest BCUT2D eigenvalue weighted by molar-refractivity contribution is 0.333. The van der Waals surface area contributed by atoms with E-state index in [0.29, 0.717) is 47.2 Å². The fourth-order valence-corrected chi connectivity index (χ4v) is 5.74. The zero-order valence-corrected chi connectivity index (χ0v) is 22.0. The highest BCUT2D eigenvalue weighted by atomic mass is 35.5. The van der Waals surface area contributed by atoms with Gasteiger partial charge in [0, 0.05) is 30.0 Å². The molecule has 0 aliphatic carbocycles. The Kier molecular flexibility index (Phi) is 8.36. The lowest BCUT2D eigenvalue weighted by Crippen LogP contribution is -2.37. The van der Waals surface area contributed by atoms with Gasteiger partial charge in [-0.25, -0.2) is 8.42 Å². The summed E-state index contributed by atoms with van der Waals surface area (Å²) in [5.74, 6) is 0.723. The zero-order chi connectivity index (χ0) is 25.5. The molecule has 0 unspecified atom stereocenters. The van der Waals surface area contributed by atoms with Gasteiger partial charge in [-0.15, -0.1) is 0 Å². The van der Waals surface area contributed by atoms with Crippen LogP contribution in [0.1, 0.15) is 0 Å². The molecule has 0 heterocycles. The number of nitrogens with one attached hydrogen (secondary N) is 1. The summed E-state index contributed by atoms with van der Waals surface area (Å²) in [5, 5.41) is 5.60. The Bertz CT molecular complexity index is 1400. The highest BCUT2D eigenvalue weighted by molar-refractivity contribution is 7.93. The van der Waals surface area contributed by atoms with Crippen molar-refractivity contribution in [2.75, 3.05) is 50.0 Å². The van der Waals surface area contributed by atoms with E-state index < -0.39 is 10.0 Å². The molecule has 4 aromatic carbocycles. The minimum atomic E-state index is -3.85. The average molecular weight is 524 g/mol. The Morgan fingerprint density at radius 2 is 1.53 bits per heavy atom. The van der Waals surface area contributed by atoms with Gasteiger partial charge >= 0.3 is 0 Å². The van der Waals surface area contributed by atoms with Crippen LogP contribution in [0.5, 0.6) is 5.75 Å². The average Bonchev–Trinajstić information content (AvgIpc) is 2.88. The van der Waals surface area contributed by atoms with Crippen LogP contribution < -0.4 is 14.4 Å². The molecule has 0 aromatic heterocycles. The van der Waals surface area contributed by atoms with Crippen molar-refractivity contribution in [2.24, 2.45) is 0 Å². The van der Waals surface area contributed by atoms with Crippen molar-refractivity contribution in [1.82, 2.24) is 4.90 Å². The van der Waals surface area contributed by atoms with Crippen LogP contribution in [-0.2, 0) is 10.0 Å². The molecule has 1 N–H and O–H groups in total. The molecule has 0 aliphatic heterocycles. The van der Waals surface area contributed by atoms with E-state index in [4.69, 9.17) is 16.3 Å². The minimum absolute atomic E-state index is 0.292. The number of benzene rings is 4. The number of hydrogen-bond donors (Lipinski definition) is 1. The minimum Gasteiger partial charge on any atom is -0.492 e. The van der Waals surface area contributed by atoms with Crippen molar-refractivity contribution in [2.45, 2.75) is 4.90 Å². The number of ether oxygens (including phenoxy) is 1. The third-order valence-corrected chi connectivity index (χ3v) is 7.86. The smallest absolute Gasteiger partial charge is 0.265 e. The van der Waals surface area contributed by atoms with Crippen molar-refractivity contribution in [3.63, 3.8) is 0 Å². The van der Waals surface area contributed by atoms with E-state index >= 15 is 0 Å². The molecular formula is C28H30ClN3O3S. The second-order valence-electron chi connectivity index (χ2n) is 8.60. The normalized spacial score (nSPS) is 11.6. The van der Waals surface area contributed by atoms with E-state index in [0.717, 1.165) is 16.8 Å². The predicted molar refractivity (Wildman–Crippen MR) is 149 cm³/mol. The number of nitrogens with zero attached hydrogens (tertiary/aromatic N) is 2. The van der Waals surface area contributed by atoms with Gasteiger partial charge in [-0.3, -0.25) is 4.31 Å². The van der Waals surface area contributed by atoms with Gasteiger partial charge in [0.05, 0.1) is 16.3 Å². The largest absolute Gasteiger partial charge is 0.492 e. The molecule has 188 valence electrons. The summed E-state index contributed by atoms with van der Waals surface area (Å²) in [6, 6.07) is 27.6. The number of anilines is 2. The molecule has 0 saturated carbocycles. The molecule has 0 amide bonds. The van der Waals surface area contributed by atoms with E-state index in [1.54, 1.807) is 24.3 Å². The Morgan fingerprint density at radius 3 is 2.31 bits per heavy atom. The molecule has 0 fully saturated rings. The van der Waals surface area contributed by atoms with Gasteiger partial charge in [-0.2, -0.15) is 0 Å². The van der Waals surface area contributed by atoms with Crippen LogP contribution >= 0.6 is 11.6 Å². The van der Waals surface area contributed by atoms with Crippen molar-refractivity contribution in [3.8, 4) is 5.75 Å². The molecule has 36 heavy (non-hydrogen) atoms. The van der Waals surface area contributed by atoms with Crippen molar-refractivity contribution in [3.05, 3.63) is 96.0 Å². The van der Waals surface area contributed by atoms with Gasteiger partial charge in [-0.1, -0.05) is 60.1 Å². The summed E-state index contributed by atoms with van der Waals surface area (Å²) >= 11 is 5.93. The van der Waals surface area contributed by atoms with Crippen LogP contribution in [0.25, 0.3) is 10.8 Å². The number of likely N-dealkylation sites (N-methyl/N-ethyl adjacent to an activating group) is 1. The van der Waals surface area contributed by atoms with Crippen LogP contribution in [0.3, 0.4) is 0 Å². The van der Waals surface area contributed by atoms with Crippen molar-refractivity contribution < 1.29 is 13.2 Å². The molecule has 4 aromatic rings. The van der Waals surface area contributed by atoms with Crippen molar-refractivity contribution in [1.29, 1.82) is 0 Å². The molecule has 0 aliphatic rings.